The van der Waals surface area contributed by atoms with Crippen LogP contribution in [-0.4, -0.2) is 16.1 Å². The number of alkyl halides is 3. The molecule has 0 amide bonds. The molecule has 0 nitrogen and oxygen atoms in total. The first-order valence-electron chi connectivity index (χ1n) is 22.3. The van der Waals surface area contributed by atoms with E-state index in [-0.39, 0.29) is 0 Å². The largest absolute Gasteiger partial charge is 0.416 e. The molecule has 0 bridgehead atoms. The molecule has 61 heavy (non-hydrogen) atoms. The van der Waals surface area contributed by atoms with Gasteiger partial charge in [0.25, 0.3) is 0 Å². The Morgan fingerprint density at radius 1 is 0.393 bits per heavy atom. The first-order valence-corrected chi connectivity index (χ1v) is 26.7. The van der Waals surface area contributed by atoms with Crippen molar-refractivity contribution >= 4 is 27.3 Å². The minimum absolute atomic E-state index is 0.461. The van der Waals surface area contributed by atoms with Crippen LogP contribution in [0, 0.1) is 29.9 Å². The third kappa shape index (κ3) is 7.61. The Morgan fingerprint density at radius 3 is 1.05 bits per heavy atom. The van der Waals surface area contributed by atoms with E-state index in [4.69, 9.17) is 0 Å². The number of hydrogen-bond donors (Lipinski definition) is 0. The predicted octanol–water partition coefficient (Wildman–Crippen LogP) is 15.1. The molecule has 0 heterocycles. The minimum Gasteiger partial charge on any atom is -0.166 e. The summed E-state index contributed by atoms with van der Waals surface area (Å²) in [7, 11) is -4.22. The first-order chi connectivity index (χ1) is 28.7. The van der Waals surface area contributed by atoms with Gasteiger partial charge in [-0.15, -0.1) is 11.1 Å². The lowest BCUT2D eigenvalue weighted by atomic mass is 9.96. The second-order valence-corrected chi connectivity index (χ2v) is 30.6. The molecule has 5 aromatic carbocycles. The highest BCUT2D eigenvalue weighted by Gasteiger charge is 2.43. The highest BCUT2D eigenvalue weighted by atomic mass is 28.3. The molecule has 0 radical (unpaired) electrons. The number of hydrogen-bond acceptors (Lipinski definition) is 0. The van der Waals surface area contributed by atoms with Crippen LogP contribution in [0.25, 0.3) is 55.7 Å². The summed E-state index contributed by atoms with van der Waals surface area (Å²) >= 11 is 0. The fraction of sp³-hybridized carbons (Fsp3) is 0.357. The molecule has 0 aliphatic heterocycles. The van der Waals surface area contributed by atoms with Gasteiger partial charge >= 0.3 is 6.18 Å². The van der Waals surface area contributed by atoms with Gasteiger partial charge in [0.2, 0.25) is 0 Å². The van der Waals surface area contributed by atoms with Gasteiger partial charge in [-0.2, -0.15) is 13.2 Å². The summed E-state index contributed by atoms with van der Waals surface area (Å²) in [6.45, 7) is 30.4. The molecule has 2 aliphatic rings. The smallest absolute Gasteiger partial charge is 0.166 e. The normalized spacial score (nSPS) is 13.5. The Bertz CT molecular complexity index is 2710. The van der Waals surface area contributed by atoms with E-state index in [1.807, 2.05) is 6.07 Å². The van der Waals surface area contributed by atoms with Crippen LogP contribution in [0.4, 0.5) is 13.2 Å². The van der Waals surface area contributed by atoms with E-state index in [1.165, 1.54) is 45.5 Å². The van der Waals surface area contributed by atoms with E-state index in [0.717, 1.165) is 49.4 Å². The van der Waals surface area contributed by atoms with Gasteiger partial charge in [0.05, 0.1) is 5.56 Å². The Labute approximate surface area is 365 Å². The van der Waals surface area contributed by atoms with Crippen molar-refractivity contribution in [2.24, 2.45) is 0 Å². The van der Waals surface area contributed by atoms with Crippen molar-refractivity contribution in [3.8, 4) is 67.4 Å². The zero-order chi connectivity index (χ0) is 44.3. The number of rotatable bonds is 8. The van der Waals surface area contributed by atoms with Crippen LogP contribution < -0.4 is 10.4 Å². The van der Waals surface area contributed by atoms with Gasteiger partial charge in [-0.25, -0.2) is 0 Å². The van der Waals surface area contributed by atoms with Crippen molar-refractivity contribution in [2.45, 2.75) is 129 Å². The molecule has 0 atom stereocenters. The van der Waals surface area contributed by atoms with Crippen molar-refractivity contribution < 1.29 is 13.2 Å². The van der Waals surface area contributed by atoms with Crippen LogP contribution in [0.5, 0.6) is 0 Å². The second kappa shape index (κ2) is 16.5. The Balaban J connectivity index is 1.55. The summed E-state index contributed by atoms with van der Waals surface area (Å²) in [5.74, 6) is 7.82. The average molecular weight is 847 g/mol. The maximum absolute atomic E-state index is 13.6. The molecule has 2 aliphatic carbocycles. The van der Waals surface area contributed by atoms with E-state index in [0.29, 0.717) is 33.2 Å². The topological polar surface area (TPSA) is 0 Å². The highest BCUT2D eigenvalue weighted by molar-refractivity contribution is 6.91. The molecular formula is C56H61F3Si2. The lowest BCUT2D eigenvalue weighted by Crippen LogP contribution is -2.43. The average Bonchev–Trinajstić information content (AvgIpc) is 3.66. The summed E-state index contributed by atoms with van der Waals surface area (Å²) in [5.41, 5.74) is 24.5. The van der Waals surface area contributed by atoms with Gasteiger partial charge in [-0.05, 0) is 143 Å². The van der Waals surface area contributed by atoms with Crippen LogP contribution in [0.2, 0.25) is 33.2 Å². The highest BCUT2D eigenvalue weighted by Crippen LogP contribution is 2.44. The van der Waals surface area contributed by atoms with Crippen molar-refractivity contribution in [3.05, 3.63) is 130 Å². The molecule has 5 heteroatoms. The standard InChI is InChI=1S/C56H61F3Si2/c1-34(2)60(35(3)4,36(5)6)28-26-48-50-30-43(41-16-14-40(13)15-17-41)20-24-46(50)52-32-55-49(27-29-61(37(7)8,38(9)10)39(11)12)51-31-44(21-25-47(51)53(55)33-54(48)52)42-18-22-45(23-19-42)56(57,58)59/h14-25,30-39H,1-13H3. The molecule has 0 fully saturated rings. The summed E-state index contributed by atoms with van der Waals surface area (Å²) in [5, 5.41) is 2.27. The quantitative estimate of drug-likeness (QED) is 0.108. The number of benzene rings is 5. The predicted molar refractivity (Wildman–Crippen MR) is 260 cm³/mol. The van der Waals surface area contributed by atoms with Crippen LogP contribution in [-0.2, 0) is 6.18 Å². The Kier molecular flexibility index (Phi) is 11.9. The van der Waals surface area contributed by atoms with Gasteiger partial charge in [0.15, 0.2) is 0 Å². The van der Waals surface area contributed by atoms with Crippen molar-refractivity contribution in [1.82, 2.24) is 0 Å². The molecule has 0 N–H and O–H groups in total. The van der Waals surface area contributed by atoms with Gasteiger partial charge in [-0.3, -0.25) is 0 Å². The van der Waals surface area contributed by atoms with Gasteiger partial charge in [-0.1, -0.05) is 161 Å². The number of fused-ring (bicyclic) bond motifs is 6. The molecule has 0 saturated carbocycles. The molecule has 0 unspecified atom stereocenters. The van der Waals surface area contributed by atoms with Crippen molar-refractivity contribution in [1.29, 1.82) is 0 Å². The summed E-state index contributed by atoms with van der Waals surface area (Å²) < 4.78 is 40.7. The molecule has 0 spiro atoms. The first kappa shape index (κ1) is 44.2. The SMILES string of the molecule is Cc1ccc(-c2ccc3c(c2)C(C#C[Si](C(C)C)(C(C)C)C(C)C)=c2cc4c(cc2-3)=C(C#C[Si](C(C)C)(C(C)C)C(C)C)c2cc(-c3ccc(C(F)(F)F)cc3)ccc2-4)cc1. The molecule has 0 aromatic heterocycles. The van der Waals surface area contributed by atoms with Crippen LogP contribution in [0.3, 0.4) is 0 Å². The van der Waals surface area contributed by atoms with Crippen molar-refractivity contribution in [3.63, 3.8) is 0 Å². The maximum atomic E-state index is 13.6. The third-order valence-electron chi connectivity index (χ3n) is 14.3. The van der Waals surface area contributed by atoms with E-state index in [2.05, 4.69) is 180 Å². The zero-order valence-electron chi connectivity index (χ0n) is 38.3. The van der Waals surface area contributed by atoms with E-state index >= 15 is 0 Å². The molecule has 5 aromatic rings. The van der Waals surface area contributed by atoms with E-state index in [1.54, 1.807) is 12.1 Å². The Hall–Kier alpha value is -4.82. The monoisotopic (exact) mass is 846 g/mol. The fourth-order valence-corrected chi connectivity index (χ4v) is 21.6. The fourth-order valence-electron chi connectivity index (χ4n) is 11.2. The van der Waals surface area contributed by atoms with Crippen LogP contribution in [0.1, 0.15) is 105 Å². The van der Waals surface area contributed by atoms with Gasteiger partial charge in [0, 0.05) is 11.1 Å². The second-order valence-electron chi connectivity index (χ2n) is 19.4. The van der Waals surface area contributed by atoms with Crippen molar-refractivity contribution in [2.75, 3.05) is 0 Å². The van der Waals surface area contributed by atoms with E-state index in [9.17, 15) is 13.2 Å². The summed E-state index contributed by atoms with van der Waals surface area (Å²) in [6.07, 6.45) is -4.39. The molecular weight excluding hydrogens is 786 g/mol. The summed E-state index contributed by atoms with van der Waals surface area (Å²) in [6, 6.07) is 32.2. The van der Waals surface area contributed by atoms with Crippen LogP contribution >= 0.6 is 0 Å². The molecule has 314 valence electrons. The van der Waals surface area contributed by atoms with Gasteiger partial charge in [0.1, 0.15) is 16.1 Å². The lowest BCUT2D eigenvalue weighted by Gasteiger charge is -2.38. The van der Waals surface area contributed by atoms with E-state index < -0.39 is 27.9 Å². The Morgan fingerprint density at radius 2 is 0.721 bits per heavy atom. The summed E-state index contributed by atoms with van der Waals surface area (Å²) in [4.78, 5) is 0. The van der Waals surface area contributed by atoms with Gasteiger partial charge < -0.3 is 0 Å². The maximum Gasteiger partial charge on any atom is 0.416 e. The molecule has 7 rings (SSSR count). The molecule has 0 saturated heterocycles. The lowest BCUT2D eigenvalue weighted by molar-refractivity contribution is -0.137. The minimum atomic E-state index is -4.39. The van der Waals surface area contributed by atoms with Crippen LogP contribution in [0.15, 0.2) is 97.1 Å². The third-order valence-corrected chi connectivity index (χ3v) is 26.9. The zero-order valence-corrected chi connectivity index (χ0v) is 40.3. The number of aryl methyl sites for hydroxylation is 1. The number of halogens is 3.